The number of nitrogens with zero attached hydrogens (tertiary/aromatic N) is 3. The molecule has 1 heterocycles. The van der Waals surface area contributed by atoms with Crippen LogP contribution in [0.15, 0.2) is 35.2 Å². The predicted molar refractivity (Wildman–Crippen MR) is 92.3 cm³/mol. The smallest absolute Gasteiger partial charge is 0.246 e. The van der Waals surface area contributed by atoms with Crippen LogP contribution in [-0.2, 0) is 21.4 Å². The molecule has 0 saturated heterocycles. The fourth-order valence-corrected chi connectivity index (χ4v) is 3.94. The van der Waals surface area contributed by atoms with Gasteiger partial charge in [-0.1, -0.05) is 25.1 Å². The fraction of sp³-hybridized carbons (Fsp3) is 0.375. The van der Waals surface area contributed by atoms with Gasteiger partial charge in [0, 0.05) is 19.3 Å². The van der Waals surface area contributed by atoms with E-state index in [-0.39, 0.29) is 17.3 Å². The van der Waals surface area contributed by atoms with Crippen LogP contribution >= 0.6 is 0 Å². The Morgan fingerprint density at radius 2 is 1.88 bits per heavy atom. The van der Waals surface area contributed by atoms with E-state index in [1.54, 1.807) is 32.9 Å². The monoisotopic (exact) mass is 350 g/mol. The van der Waals surface area contributed by atoms with Gasteiger partial charge in [0.1, 0.15) is 11.4 Å². The van der Waals surface area contributed by atoms with Gasteiger partial charge in [-0.05, 0) is 26.0 Å². The molecule has 0 unspecified atom stereocenters. The molecule has 130 valence electrons. The first-order chi connectivity index (χ1) is 11.3. The summed E-state index contributed by atoms with van der Waals surface area (Å²) < 4.78 is 27.8. The zero-order chi connectivity index (χ0) is 17.9. The van der Waals surface area contributed by atoms with Gasteiger partial charge in [0.2, 0.25) is 15.9 Å². The lowest BCUT2D eigenvalue weighted by molar-refractivity contribution is -0.116. The lowest BCUT2D eigenvalue weighted by Gasteiger charge is -2.15. The van der Waals surface area contributed by atoms with E-state index in [2.05, 4.69) is 10.4 Å². The third-order valence-corrected chi connectivity index (χ3v) is 5.97. The summed E-state index contributed by atoms with van der Waals surface area (Å²) in [5.74, 6) is -0.264. The molecule has 0 aliphatic rings. The number of anilines is 1. The summed E-state index contributed by atoms with van der Waals surface area (Å²) in [6, 6.07) is 9.07. The lowest BCUT2D eigenvalue weighted by Crippen LogP contribution is -2.27. The normalized spacial score (nSPS) is 11.7. The minimum absolute atomic E-state index is 0.0487. The molecule has 0 aliphatic heterocycles. The Morgan fingerprint density at radius 1 is 1.25 bits per heavy atom. The Morgan fingerprint density at radius 3 is 2.46 bits per heavy atom. The van der Waals surface area contributed by atoms with Crippen molar-refractivity contribution in [2.45, 2.75) is 32.2 Å². The van der Waals surface area contributed by atoms with Crippen molar-refractivity contribution in [3.63, 3.8) is 0 Å². The van der Waals surface area contributed by atoms with Crippen molar-refractivity contribution in [1.82, 2.24) is 14.1 Å². The van der Waals surface area contributed by atoms with Crippen LogP contribution in [0.2, 0.25) is 0 Å². The van der Waals surface area contributed by atoms with E-state index < -0.39 is 10.0 Å². The van der Waals surface area contributed by atoms with Crippen LogP contribution in [0.5, 0.6) is 0 Å². The molecule has 0 spiro atoms. The Kier molecular flexibility index (Phi) is 5.40. The maximum absolute atomic E-state index is 12.6. The minimum Gasteiger partial charge on any atom is -0.324 e. The summed E-state index contributed by atoms with van der Waals surface area (Å²) >= 11 is 0. The first-order valence-corrected chi connectivity index (χ1v) is 9.06. The van der Waals surface area contributed by atoms with Gasteiger partial charge in [-0.15, -0.1) is 0 Å². The van der Waals surface area contributed by atoms with Crippen molar-refractivity contribution in [3.8, 4) is 0 Å². The fourth-order valence-electron chi connectivity index (χ4n) is 2.39. The number of hydrogen-bond donors (Lipinski definition) is 1. The van der Waals surface area contributed by atoms with Gasteiger partial charge in [0.05, 0.1) is 11.4 Å². The van der Waals surface area contributed by atoms with E-state index >= 15 is 0 Å². The van der Waals surface area contributed by atoms with Gasteiger partial charge in [0.15, 0.2) is 0 Å². The molecule has 24 heavy (non-hydrogen) atoms. The SMILES string of the molecule is CCN(C)S(=O)(=O)c1c(C)nn(CC(=O)Nc2ccccc2)c1C. The number of rotatable bonds is 6. The van der Waals surface area contributed by atoms with E-state index in [0.717, 1.165) is 0 Å². The molecule has 1 amide bonds. The number of nitrogens with one attached hydrogen (secondary N) is 1. The molecule has 7 nitrogen and oxygen atoms in total. The maximum Gasteiger partial charge on any atom is 0.246 e. The van der Waals surface area contributed by atoms with Crippen LogP contribution in [0, 0.1) is 13.8 Å². The van der Waals surface area contributed by atoms with Gasteiger partial charge < -0.3 is 5.32 Å². The minimum atomic E-state index is -3.61. The molecule has 1 N–H and O–H groups in total. The van der Waals surface area contributed by atoms with E-state index in [1.165, 1.54) is 16.0 Å². The van der Waals surface area contributed by atoms with Crippen molar-refractivity contribution in [2.75, 3.05) is 18.9 Å². The average molecular weight is 350 g/mol. The van der Waals surface area contributed by atoms with Crippen molar-refractivity contribution in [3.05, 3.63) is 41.7 Å². The standard InChI is InChI=1S/C16H22N4O3S/c1-5-19(4)24(22,23)16-12(2)18-20(13(16)3)11-15(21)17-14-9-7-6-8-10-14/h6-10H,5,11H2,1-4H3,(H,17,21). The quantitative estimate of drug-likeness (QED) is 0.861. The summed E-state index contributed by atoms with van der Waals surface area (Å²) in [7, 11) is -2.08. The molecule has 1 aromatic heterocycles. The number of benzene rings is 1. The topological polar surface area (TPSA) is 84.3 Å². The molecule has 1 aromatic carbocycles. The Bertz CT molecular complexity index is 829. The first-order valence-electron chi connectivity index (χ1n) is 7.62. The lowest BCUT2D eigenvalue weighted by atomic mass is 10.3. The largest absolute Gasteiger partial charge is 0.324 e. The predicted octanol–water partition coefficient (Wildman–Crippen LogP) is 1.78. The van der Waals surface area contributed by atoms with E-state index in [4.69, 9.17) is 0 Å². The number of carbonyl (C=O) groups excluding carboxylic acids is 1. The van der Waals surface area contributed by atoms with Crippen molar-refractivity contribution in [2.24, 2.45) is 0 Å². The second kappa shape index (κ2) is 7.14. The molecular weight excluding hydrogens is 328 g/mol. The third kappa shape index (κ3) is 3.65. The van der Waals surface area contributed by atoms with E-state index in [9.17, 15) is 13.2 Å². The number of sulfonamides is 1. The summed E-state index contributed by atoms with van der Waals surface area (Å²) in [6.07, 6.45) is 0. The third-order valence-electron chi connectivity index (χ3n) is 3.78. The second-order valence-corrected chi connectivity index (χ2v) is 7.47. The van der Waals surface area contributed by atoms with Crippen LogP contribution < -0.4 is 5.32 Å². The summed E-state index contributed by atoms with van der Waals surface area (Å²) in [5, 5.41) is 6.98. The average Bonchev–Trinajstić information content (AvgIpc) is 2.81. The molecule has 0 radical (unpaired) electrons. The Labute approximate surface area is 142 Å². The van der Waals surface area contributed by atoms with Gasteiger partial charge in [-0.2, -0.15) is 5.10 Å². The number of hydrogen-bond acceptors (Lipinski definition) is 4. The number of aromatic nitrogens is 2. The highest BCUT2D eigenvalue weighted by Crippen LogP contribution is 2.22. The number of para-hydroxylation sites is 1. The van der Waals surface area contributed by atoms with Crippen LogP contribution in [0.3, 0.4) is 0 Å². The Hall–Kier alpha value is -2.19. The molecule has 2 aromatic rings. The van der Waals surface area contributed by atoms with Crippen molar-refractivity contribution < 1.29 is 13.2 Å². The van der Waals surface area contributed by atoms with Gasteiger partial charge >= 0.3 is 0 Å². The van der Waals surface area contributed by atoms with Crippen molar-refractivity contribution in [1.29, 1.82) is 0 Å². The highest BCUT2D eigenvalue weighted by Gasteiger charge is 2.28. The first kappa shape index (κ1) is 18.2. The molecular formula is C16H22N4O3S. The Balaban J connectivity index is 2.24. The number of carbonyl (C=O) groups is 1. The van der Waals surface area contributed by atoms with E-state index in [1.807, 2.05) is 18.2 Å². The molecule has 0 bridgehead atoms. The molecule has 0 fully saturated rings. The zero-order valence-electron chi connectivity index (χ0n) is 14.3. The second-order valence-electron chi connectivity index (χ2n) is 5.49. The van der Waals surface area contributed by atoms with E-state index in [0.29, 0.717) is 23.6 Å². The molecule has 0 atom stereocenters. The summed E-state index contributed by atoms with van der Waals surface area (Å²) in [5.41, 5.74) is 1.53. The molecule has 0 saturated carbocycles. The number of amides is 1. The highest BCUT2D eigenvalue weighted by atomic mass is 32.2. The molecule has 2 rings (SSSR count). The van der Waals surface area contributed by atoms with Crippen LogP contribution in [0.25, 0.3) is 0 Å². The summed E-state index contributed by atoms with van der Waals surface area (Å²) in [4.78, 5) is 12.3. The zero-order valence-corrected chi connectivity index (χ0v) is 15.1. The molecule has 0 aliphatic carbocycles. The van der Waals surface area contributed by atoms with Crippen LogP contribution in [0.1, 0.15) is 18.3 Å². The highest BCUT2D eigenvalue weighted by molar-refractivity contribution is 7.89. The molecule has 8 heteroatoms. The summed E-state index contributed by atoms with van der Waals surface area (Å²) in [6.45, 7) is 5.37. The van der Waals surface area contributed by atoms with Crippen LogP contribution in [-0.4, -0.2) is 42.0 Å². The maximum atomic E-state index is 12.6. The van der Waals surface area contributed by atoms with Gasteiger partial charge in [-0.25, -0.2) is 12.7 Å². The van der Waals surface area contributed by atoms with Crippen molar-refractivity contribution >= 4 is 21.6 Å². The van der Waals surface area contributed by atoms with Gasteiger partial charge in [-0.3, -0.25) is 9.48 Å². The van der Waals surface area contributed by atoms with Gasteiger partial charge in [0.25, 0.3) is 0 Å². The van der Waals surface area contributed by atoms with Crippen LogP contribution in [0.4, 0.5) is 5.69 Å². The number of aryl methyl sites for hydroxylation is 1.